The number of hydrogen-bond donors (Lipinski definition) is 0. The van der Waals surface area contributed by atoms with E-state index in [2.05, 4.69) is 67.3 Å². The maximum Gasteiger partial charge on any atom is 0.106 e. The molecule has 2 nitrogen and oxygen atoms in total. The van der Waals surface area contributed by atoms with Crippen LogP contribution in [0.15, 0.2) is 23.1 Å². The minimum absolute atomic E-state index is 0.907. The molecular weight excluding hydrogens is 379 g/mol. The summed E-state index contributed by atoms with van der Waals surface area (Å²) in [5.74, 6) is 0. The van der Waals surface area contributed by atoms with Gasteiger partial charge in [0.2, 0.25) is 0 Å². The van der Waals surface area contributed by atoms with Crippen molar-refractivity contribution < 1.29 is 0 Å². The van der Waals surface area contributed by atoms with E-state index in [-0.39, 0.29) is 0 Å². The Kier molecular flexibility index (Phi) is 4.24. The second kappa shape index (κ2) is 5.49. The third-order valence-corrected chi connectivity index (χ3v) is 3.98. The van der Waals surface area contributed by atoms with Gasteiger partial charge in [-0.05, 0) is 51.0 Å². The van der Waals surface area contributed by atoms with Gasteiger partial charge >= 0.3 is 0 Å². The summed E-state index contributed by atoms with van der Waals surface area (Å²) < 4.78 is 4.52. The lowest BCUT2D eigenvalue weighted by Gasteiger charge is -2.03. The number of aromatic nitrogens is 2. The van der Waals surface area contributed by atoms with E-state index in [1.807, 2.05) is 6.20 Å². The fourth-order valence-corrected chi connectivity index (χ4v) is 2.94. The Labute approximate surface area is 118 Å². The number of nitrogens with zero attached hydrogens (tertiary/aromatic N) is 2. The van der Waals surface area contributed by atoms with Gasteiger partial charge in [0, 0.05) is 21.7 Å². The predicted molar refractivity (Wildman–Crippen MR) is 79.7 cm³/mol. The van der Waals surface area contributed by atoms with Gasteiger partial charge in [-0.25, -0.2) is 4.98 Å². The monoisotopic (exact) mass is 392 g/mol. The molecule has 0 spiro atoms. The molecule has 0 aromatic carbocycles. The van der Waals surface area contributed by atoms with Crippen molar-refractivity contribution in [2.45, 2.75) is 32.7 Å². The van der Waals surface area contributed by atoms with Crippen molar-refractivity contribution in [1.29, 1.82) is 0 Å². The first-order valence-electron chi connectivity index (χ1n) is 5.52. The van der Waals surface area contributed by atoms with Gasteiger partial charge in [0.1, 0.15) is 4.60 Å². The summed E-state index contributed by atoms with van der Waals surface area (Å²) in [6.45, 7) is 3.33. The molecule has 2 aromatic heterocycles. The van der Waals surface area contributed by atoms with Crippen molar-refractivity contribution in [2.24, 2.45) is 0 Å². The Bertz CT molecular complexity index is 493. The first kappa shape index (κ1) is 12.4. The van der Waals surface area contributed by atoms with E-state index in [1.165, 1.54) is 33.7 Å². The molecule has 0 aliphatic heterocycles. The Morgan fingerprint density at radius 3 is 3.00 bits per heavy atom. The summed E-state index contributed by atoms with van der Waals surface area (Å²) in [5, 5.41) is 1.29. The predicted octanol–water partition coefficient (Wildman–Crippen LogP) is 4.59. The van der Waals surface area contributed by atoms with Gasteiger partial charge in [0.15, 0.2) is 0 Å². The van der Waals surface area contributed by atoms with E-state index < -0.39 is 0 Å². The lowest BCUT2D eigenvalue weighted by atomic mass is 10.2. The molecule has 86 valence electrons. The lowest BCUT2D eigenvalue weighted by molar-refractivity contribution is 0.615. The molecule has 4 heteroatoms. The topological polar surface area (TPSA) is 17.8 Å². The van der Waals surface area contributed by atoms with Crippen molar-refractivity contribution >= 4 is 49.4 Å². The van der Waals surface area contributed by atoms with Crippen molar-refractivity contribution in [1.82, 2.24) is 9.55 Å². The molecule has 0 amide bonds. The lowest BCUT2D eigenvalue weighted by Crippen LogP contribution is -1.95. The van der Waals surface area contributed by atoms with E-state index in [1.54, 1.807) is 0 Å². The number of halogens is 2. The van der Waals surface area contributed by atoms with Crippen molar-refractivity contribution in [3.8, 4) is 0 Å². The van der Waals surface area contributed by atoms with Gasteiger partial charge < -0.3 is 4.57 Å². The molecule has 0 bridgehead atoms. The van der Waals surface area contributed by atoms with Crippen LogP contribution in [0.5, 0.6) is 0 Å². The molecule has 0 aliphatic carbocycles. The minimum Gasteiger partial charge on any atom is -0.345 e. The molecule has 2 heterocycles. The van der Waals surface area contributed by atoms with E-state index >= 15 is 0 Å². The van der Waals surface area contributed by atoms with E-state index in [4.69, 9.17) is 0 Å². The van der Waals surface area contributed by atoms with Crippen LogP contribution in [0.2, 0.25) is 0 Å². The molecule has 0 radical (unpaired) electrons. The SMILES string of the molecule is CCCCCn1cc(I)c2cc(Br)ncc21. The van der Waals surface area contributed by atoms with Gasteiger partial charge in [-0.2, -0.15) is 0 Å². The largest absolute Gasteiger partial charge is 0.345 e. The highest BCUT2D eigenvalue weighted by molar-refractivity contribution is 14.1. The first-order chi connectivity index (χ1) is 7.72. The number of unbranched alkanes of at least 4 members (excludes halogenated alkanes) is 2. The Morgan fingerprint density at radius 2 is 2.25 bits per heavy atom. The summed E-state index contributed by atoms with van der Waals surface area (Å²) in [4.78, 5) is 4.30. The fourth-order valence-electron chi connectivity index (χ4n) is 1.84. The molecule has 0 saturated carbocycles. The highest BCUT2D eigenvalue weighted by Gasteiger charge is 2.07. The first-order valence-corrected chi connectivity index (χ1v) is 7.39. The third kappa shape index (κ3) is 2.59. The van der Waals surface area contributed by atoms with Gasteiger partial charge in [0.05, 0.1) is 11.7 Å². The number of pyridine rings is 1. The molecule has 0 unspecified atom stereocenters. The van der Waals surface area contributed by atoms with E-state index in [9.17, 15) is 0 Å². The molecule has 0 aliphatic rings. The van der Waals surface area contributed by atoms with Crippen LogP contribution in [0.25, 0.3) is 10.9 Å². The van der Waals surface area contributed by atoms with Gasteiger partial charge in [0.25, 0.3) is 0 Å². The number of aryl methyl sites for hydroxylation is 1. The summed E-state index contributed by atoms with van der Waals surface area (Å²) in [6.07, 6.45) is 7.97. The van der Waals surface area contributed by atoms with Crippen LogP contribution in [0.4, 0.5) is 0 Å². The number of rotatable bonds is 4. The summed E-state index contributed by atoms with van der Waals surface area (Å²) in [5.41, 5.74) is 1.24. The van der Waals surface area contributed by atoms with Crippen LogP contribution in [-0.2, 0) is 6.54 Å². The second-order valence-corrected chi connectivity index (χ2v) is 5.88. The number of fused-ring (bicyclic) bond motifs is 1. The van der Waals surface area contributed by atoms with Gasteiger partial charge in [-0.15, -0.1) is 0 Å². The van der Waals surface area contributed by atoms with Crippen LogP contribution in [0, 0.1) is 3.57 Å². The third-order valence-electron chi connectivity index (χ3n) is 2.69. The normalized spacial score (nSPS) is 11.2. The summed E-state index contributed by atoms with van der Waals surface area (Å²) in [7, 11) is 0. The maximum absolute atomic E-state index is 4.30. The number of hydrogen-bond acceptors (Lipinski definition) is 1. The zero-order chi connectivity index (χ0) is 11.5. The van der Waals surface area contributed by atoms with E-state index in [0.717, 1.165) is 11.1 Å². The average Bonchev–Trinajstić information content (AvgIpc) is 2.56. The molecule has 0 N–H and O–H groups in total. The minimum atomic E-state index is 0.907. The van der Waals surface area contributed by atoms with Crippen LogP contribution in [0.3, 0.4) is 0 Å². The Hall–Kier alpha value is -0.100. The molecule has 2 rings (SSSR count). The quantitative estimate of drug-likeness (QED) is 0.422. The molecule has 0 atom stereocenters. The summed E-state index contributed by atoms with van der Waals surface area (Å²) >= 11 is 5.80. The molecule has 0 saturated heterocycles. The fraction of sp³-hybridized carbons (Fsp3) is 0.417. The van der Waals surface area contributed by atoms with Gasteiger partial charge in [-0.3, -0.25) is 0 Å². The van der Waals surface area contributed by atoms with Gasteiger partial charge in [-0.1, -0.05) is 19.8 Å². The van der Waals surface area contributed by atoms with Crippen LogP contribution >= 0.6 is 38.5 Å². The zero-order valence-corrected chi connectivity index (χ0v) is 13.0. The second-order valence-electron chi connectivity index (χ2n) is 3.90. The zero-order valence-electron chi connectivity index (χ0n) is 9.21. The Morgan fingerprint density at radius 1 is 1.44 bits per heavy atom. The highest BCUT2D eigenvalue weighted by atomic mass is 127. The molecule has 2 aromatic rings. The average molecular weight is 393 g/mol. The van der Waals surface area contributed by atoms with Crippen LogP contribution < -0.4 is 0 Å². The molecule has 0 fully saturated rings. The van der Waals surface area contributed by atoms with E-state index in [0.29, 0.717) is 0 Å². The smallest absolute Gasteiger partial charge is 0.106 e. The standard InChI is InChI=1S/C12H14BrIN2/c1-2-3-4-5-16-8-10(14)9-6-12(13)15-7-11(9)16/h6-8H,2-5H2,1H3. The van der Waals surface area contributed by atoms with Crippen LogP contribution in [0.1, 0.15) is 26.2 Å². The molecular formula is C12H14BrIN2. The van der Waals surface area contributed by atoms with Crippen molar-refractivity contribution in [2.75, 3.05) is 0 Å². The highest BCUT2D eigenvalue weighted by Crippen LogP contribution is 2.25. The van der Waals surface area contributed by atoms with Crippen molar-refractivity contribution in [3.05, 3.63) is 26.6 Å². The summed E-state index contributed by atoms with van der Waals surface area (Å²) in [6, 6.07) is 2.09. The maximum atomic E-state index is 4.30. The van der Waals surface area contributed by atoms with Crippen molar-refractivity contribution in [3.63, 3.8) is 0 Å². The molecule has 16 heavy (non-hydrogen) atoms. The Balaban J connectivity index is 2.32. The van der Waals surface area contributed by atoms with Crippen LogP contribution in [-0.4, -0.2) is 9.55 Å².